The van der Waals surface area contributed by atoms with Crippen molar-refractivity contribution in [2.24, 2.45) is 0 Å². The zero-order valence-corrected chi connectivity index (χ0v) is 9.26. The normalized spacial score (nSPS) is 21.3. The number of hydrogen-bond acceptors (Lipinski definition) is 1. The van der Waals surface area contributed by atoms with Crippen LogP contribution in [0.25, 0.3) is 0 Å². The third kappa shape index (κ3) is 1.53. The summed E-state index contributed by atoms with van der Waals surface area (Å²) in [6.45, 7) is 2.11. The Morgan fingerprint density at radius 3 is 3.00 bits per heavy atom. The van der Waals surface area contributed by atoms with Crippen molar-refractivity contribution < 1.29 is 5.11 Å². The van der Waals surface area contributed by atoms with Crippen LogP contribution in [0, 0.1) is 6.92 Å². The van der Waals surface area contributed by atoms with Crippen LogP contribution in [0.3, 0.4) is 0 Å². The van der Waals surface area contributed by atoms with Gasteiger partial charge in [0.15, 0.2) is 0 Å². The molecular weight excluding hydrogens is 228 g/mol. The lowest BCUT2D eigenvalue weighted by molar-refractivity contribution is 0.156. The molecule has 0 amide bonds. The molecule has 0 aliphatic heterocycles. The van der Waals surface area contributed by atoms with Gasteiger partial charge in [-0.25, -0.2) is 0 Å². The minimum Gasteiger partial charge on any atom is -0.388 e. The first-order valence-corrected chi connectivity index (χ1v) is 5.45. The van der Waals surface area contributed by atoms with E-state index >= 15 is 0 Å². The first-order valence-electron chi connectivity index (χ1n) is 4.66. The van der Waals surface area contributed by atoms with Gasteiger partial charge in [0, 0.05) is 4.47 Å². The fourth-order valence-electron chi connectivity index (χ4n) is 2.02. The Morgan fingerprint density at radius 2 is 2.23 bits per heavy atom. The van der Waals surface area contributed by atoms with E-state index in [4.69, 9.17) is 0 Å². The second-order valence-corrected chi connectivity index (χ2v) is 4.50. The third-order valence-corrected chi connectivity index (χ3v) is 3.69. The average Bonchev–Trinajstić information content (AvgIpc) is 2.12. The van der Waals surface area contributed by atoms with Crippen LogP contribution in [0.4, 0.5) is 0 Å². The van der Waals surface area contributed by atoms with Crippen LogP contribution in [0.15, 0.2) is 16.6 Å². The lowest BCUT2D eigenvalue weighted by atomic mass is 9.87. The highest BCUT2D eigenvalue weighted by molar-refractivity contribution is 9.10. The lowest BCUT2D eigenvalue weighted by Gasteiger charge is -2.23. The fourth-order valence-corrected chi connectivity index (χ4v) is 2.39. The summed E-state index contributed by atoms with van der Waals surface area (Å²) in [7, 11) is 0. The summed E-state index contributed by atoms with van der Waals surface area (Å²) in [4.78, 5) is 0. The Morgan fingerprint density at radius 1 is 1.46 bits per heavy atom. The van der Waals surface area contributed by atoms with Crippen molar-refractivity contribution in [3.8, 4) is 0 Å². The number of fused-ring (bicyclic) bond motifs is 1. The highest BCUT2D eigenvalue weighted by Gasteiger charge is 2.19. The molecule has 13 heavy (non-hydrogen) atoms. The van der Waals surface area contributed by atoms with Gasteiger partial charge in [0.05, 0.1) is 6.10 Å². The van der Waals surface area contributed by atoms with Gasteiger partial charge in [-0.3, -0.25) is 0 Å². The fraction of sp³-hybridized carbons (Fsp3) is 0.455. The highest BCUT2D eigenvalue weighted by atomic mass is 79.9. The monoisotopic (exact) mass is 240 g/mol. The number of halogens is 1. The van der Waals surface area contributed by atoms with E-state index in [1.807, 2.05) is 12.1 Å². The van der Waals surface area contributed by atoms with Gasteiger partial charge >= 0.3 is 0 Å². The topological polar surface area (TPSA) is 20.2 Å². The van der Waals surface area contributed by atoms with Gasteiger partial charge < -0.3 is 5.11 Å². The molecule has 0 heterocycles. The van der Waals surface area contributed by atoms with Crippen LogP contribution in [0.5, 0.6) is 0 Å². The van der Waals surface area contributed by atoms with Crippen LogP contribution in [-0.4, -0.2) is 5.11 Å². The van der Waals surface area contributed by atoms with Gasteiger partial charge in [-0.05, 0) is 48.9 Å². The van der Waals surface area contributed by atoms with Crippen molar-refractivity contribution in [3.05, 3.63) is 33.3 Å². The molecule has 1 aromatic carbocycles. The molecule has 1 aromatic rings. The standard InChI is InChI=1S/C11H13BrO/c1-7-8-3-2-4-11(13)9(8)5-6-10(7)12/h5-6,11,13H,2-4H2,1H3. The number of hydrogen-bond donors (Lipinski definition) is 1. The van der Waals surface area contributed by atoms with Crippen LogP contribution >= 0.6 is 15.9 Å². The van der Waals surface area contributed by atoms with Gasteiger partial charge in [0.2, 0.25) is 0 Å². The quantitative estimate of drug-likeness (QED) is 0.739. The van der Waals surface area contributed by atoms with Crippen LogP contribution < -0.4 is 0 Å². The van der Waals surface area contributed by atoms with E-state index in [0.717, 1.165) is 29.3 Å². The molecular formula is C11H13BrO. The largest absolute Gasteiger partial charge is 0.388 e. The van der Waals surface area contributed by atoms with Gasteiger partial charge in [-0.15, -0.1) is 0 Å². The van der Waals surface area contributed by atoms with Crippen molar-refractivity contribution in [2.75, 3.05) is 0 Å². The lowest BCUT2D eigenvalue weighted by Crippen LogP contribution is -2.10. The van der Waals surface area contributed by atoms with E-state index in [-0.39, 0.29) is 6.10 Å². The van der Waals surface area contributed by atoms with Crippen molar-refractivity contribution in [1.82, 2.24) is 0 Å². The molecule has 2 rings (SSSR count). The number of rotatable bonds is 0. The molecule has 0 saturated heterocycles. The maximum absolute atomic E-state index is 9.76. The number of aliphatic hydroxyl groups excluding tert-OH is 1. The minimum atomic E-state index is -0.240. The van der Waals surface area contributed by atoms with Gasteiger partial charge in [0.25, 0.3) is 0 Å². The SMILES string of the molecule is Cc1c(Br)ccc2c1CCCC2O. The molecule has 1 unspecified atom stereocenters. The zero-order chi connectivity index (χ0) is 9.42. The summed E-state index contributed by atoms with van der Waals surface area (Å²) < 4.78 is 1.15. The molecule has 1 atom stereocenters. The first kappa shape index (κ1) is 9.22. The van der Waals surface area contributed by atoms with Crippen LogP contribution in [-0.2, 0) is 6.42 Å². The predicted octanol–water partition coefficient (Wildman–Crippen LogP) is 3.13. The summed E-state index contributed by atoms with van der Waals surface area (Å²) in [5, 5.41) is 9.76. The van der Waals surface area contributed by atoms with Crippen LogP contribution in [0.1, 0.15) is 35.6 Å². The highest BCUT2D eigenvalue weighted by Crippen LogP contribution is 2.34. The van der Waals surface area contributed by atoms with E-state index in [9.17, 15) is 5.11 Å². The Kier molecular flexibility index (Phi) is 2.43. The average molecular weight is 241 g/mol. The number of aliphatic hydroxyl groups is 1. The minimum absolute atomic E-state index is 0.240. The molecule has 2 heteroatoms. The number of benzene rings is 1. The Labute approximate surface area is 86.9 Å². The first-order chi connectivity index (χ1) is 6.20. The van der Waals surface area contributed by atoms with Crippen molar-refractivity contribution in [1.29, 1.82) is 0 Å². The van der Waals surface area contributed by atoms with Crippen molar-refractivity contribution in [3.63, 3.8) is 0 Å². The molecule has 1 nitrogen and oxygen atoms in total. The van der Waals surface area contributed by atoms with E-state index < -0.39 is 0 Å². The van der Waals surface area contributed by atoms with E-state index in [1.165, 1.54) is 11.1 Å². The summed E-state index contributed by atoms with van der Waals surface area (Å²) >= 11 is 3.51. The summed E-state index contributed by atoms with van der Waals surface area (Å²) in [6, 6.07) is 4.07. The van der Waals surface area contributed by atoms with E-state index in [1.54, 1.807) is 0 Å². The summed E-state index contributed by atoms with van der Waals surface area (Å²) in [5.74, 6) is 0. The maximum Gasteiger partial charge on any atom is 0.0792 e. The Balaban J connectivity index is 2.56. The second-order valence-electron chi connectivity index (χ2n) is 3.65. The Bertz CT molecular complexity index is 333. The molecule has 0 aromatic heterocycles. The van der Waals surface area contributed by atoms with Crippen molar-refractivity contribution in [2.45, 2.75) is 32.3 Å². The molecule has 0 spiro atoms. The maximum atomic E-state index is 9.76. The van der Waals surface area contributed by atoms with E-state index in [2.05, 4.69) is 22.9 Å². The molecule has 0 fully saturated rings. The van der Waals surface area contributed by atoms with Gasteiger partial charge in [-0.1, -0.05) is 22.0 Å². The molecule has 0 radical (unpaired) electrons. The van der Waals surface area contributed by atoms with Gasteiger partial charge in [-0.2, -0.15) is 0 Å². The van der Waals surface area contributed by atoms with Crippen LogP contribution in [0.2, 0.25) is 0 Å². The smallest absolute Gasteiger partial charge is 0.0792 e. The van der Waals surface area contributed by atoms with E-state index in [0.29, 0.717) is 0 Å². The Hall–Kier alpha value is -0.340. The molecule has 70 valence electrons. The summed E-state index contributed by atoms with van der Waals surface area (Å²) in [5.41, 5.74) is 3.76. The molecule has 1 aliphatic rings. The predicted molar refractivity (Wildman–Crippen MR) is 56.8 cm³/mol. The zero-order valence-electron chi connectivity index (χ0n) is 7.68. The molecule has 0 bridgehead atoms. The molecule has 1 aliphatic carbocycles. The second kappa shape index (κ2) is 3.43. The molecule has 0 saturated carbocycles. The van der Waals surface area contributed by atoms with Gasteiger partial charge in [0.1, 0.15) is 0 Å². The van der Waals surface area contributed by atoms with Crippen molar-refractivity contribution >= 4 is 15.9 Å². The molecule has 1 N–H and O–H groups in total. The summed E-state index contributed by atoms with van der Waals surface area (Å²) in [6.07, 6.45) is 2.88. The third-order valence-electron chi connectivity index (χ3n) is 2.83.